The average molecular weight is 540 g/mol. The van der Waals surface area contributed by atoms with Crippen LogP contribution in [0.4, 0.5) is 10.1 Å². The van der Waals surface area contributed by atoms with Gasteiger partial charge in [0.15, 0.2) is 12.2 Å². The van der Waals surface area contributed by atoms with Crippen molar-refractivity contribution in [3.63, 3.8) is 0 Å². The van der Waals surface area contributed by atoms with E-state index < -0.39 is 30.0 Å². The van der Waals surface area contributed by atoms with Gasteiger partial charge in [0.2, 0.25) is 0 Å². The lowest BCUT2D eigenvalue weighted by Gasteiger charge is -2.16. The van der Waals surface area contributed by atoms with Crippen molar-refractivity contribution in [2.45, 2.75) is 44.9 Å². The van der Waals surface area contributed by atoms with Crippen molar-refractivity contribution in [3.05, 3.63) is 63.4 Å². The summed E-state index contributed by atoms with van der Waals surface area (Å²) >= 11 is 6.42. The molecule has 7 N–H and O–H groups in total. The highest BCUT2D eigenvalue weighted by molar-refractivity contribution is 6.33. The number of carboxylic acid groups (broad SMARTS) is 2. The largest absolute Gasteiger partial charge is 0.479 e. The predicted octanol–water partition coefficient (Wildman–Crippen LogP) is 1.80. The van der Waals surface area contributed by atoms with Crippen molar-refractivity contribution < 1.29 is 39.2 Å². The van der Waals surface area contributed by atoms with Crippen molar-refractivity contribution in [2.24, 2.45) is 0 Å². The average Bonchev–Trinajstić information content (AvgIpc) is 3.11. The number of fused-ring (bicyclic) bond motifs is 1. The molecule has 1 aliphatic rings. The number of anilines is 1. The van der Waals surface area contributed by atoms with Crippen LogP contribution in [0, 0.1) is 5.82 Å². The van der Waals surface area contributed by atoms with Gasteiger partial charge in [-0.15, -0.1) is 0 Å². The van der Waals surface area contributed by atoms with Gasteiger partial charge in [-0.3, -0.25) is 4.79 Å². The molecule has 1 aliphatic heterocycles. The van der Waals surface area contributed by atoms with Crippen molar-refractivity contribution >= 4 is 35.1 Å². The first-order valence-electron chi connectivity index (χ1n) is 11.7. The number of nitrogens with one attached hydrogen (secondary N) is 3. The number of benzene rings is 2. The first-order valence-corrected chi connectivity index (χ1v) is 12.1. The standard InChI is InChI=1S/C21H25ClFN3O.C4H6O6/c1-2-9-25-21(27)17-5-3-14(12-19(17)23)13-26-20-16-8-11-24-10-7-15(16)4-6-18(20)22;5-1(3(7)8)2(6)4(9)10/h3-6,12,24,26H,2,7-11,13H2,1H3,(H,25,27);1-2,5-6H,(H,7,8)(H,9,10)/t;1-,2-/m.1/s1. The zero-order valence-corrected chi connectivity index (χ0v) is 21.0. The molecule has 0 unspecified atom stereocenters. The molecule has 0 saturated heterocycles. The zero-order valence-electron chi connectivity index (χ0n) is 20.3. The molecule has 1 heterocycles. The number of amides is 1. The summed E-state index contributed by atoms with van der Waals surface area (Å²) in [6.45, 7) is 4.81. The maximum Gasteiger partial charge on any atom is 0.335 e. The fraction of sp³-hybridized carbons (Fsp3) is 0.400. The Labute approximate surface area is 218 Å². The third kappa shape index (κ3) is 8.67. The van der Waals surface area contributed by atoms with E-state index in [0.29, 0.717) is 18.1 Å². The number of aliphatic hydroxyl groups is 2. The van der Waals surface area contributed by atoms with Gasteiger partial charge in [-0.1, -0.05) is 30.7 Å². The van der Waals surface area contributed by atoms with E-state index in [0.717, 1.165) is 43.6 Å². The van der Waals surface area contributed by atoms with Gasteiger partial charge < -0.3 is 36.4 Å². The number of carboxylic acids is 2. The molecular weight excluding hydrogens is 509 g/mol. The van der Waals surface area contributed by atoms with E-state index in [1.165, 1.54) is 23.3 Å². The van der Waals surface area contributed by atoms with Gasteiger partial charge in [0, 0.05) is 13.1 Å². The molecule has 0 bridgehead atoms. The molecule has 10 nitrogen and oxygen atoms in total. The van der Waals surface area contributed by atoms with Crippen LogP contribution >= 0.6 is 11.6 Å². The number of hydrogen-bond donors (Lipinski definition) is 7. The Morgan fingerprint density at radius 2 is 1.70 bits per heavy atom. The Bertz CT molecular complexity index is 1100. The molecule has 202 valence electrons. The number of aliphatic carboxylic acids is 2. The van der Waals surface area contributed by atoms with Crippen LogP contribution in [0.1, 0.15) is 40.4 Å². The molecule has 2 aromatic carbocycles. The maximum atomic E-state index is 14.3. The van der Waals surface area contributed by atoms with Crippen LogP contribution in [0.25, 0.3) is 0 Å². The first-order chi connectivity index (χ1) is 17.6. The number of hydrogen-bond acceptors (Lipinski definition) is 7. The maximum absolute atomic E-state index is 14.3. The summed E-state index contributed by atoms with van der Waals surface area (Å²) in [7, 11) is 0. The van der Waals surface area contributed by atoms with Crippen LogP contribution in [0.2, 0.25) is 5.02 Å². The summed E-state index contributed by atoms with van der Waals surface area (Å²) in [6.07, 6.45) is -1.84. The van der Waals surface area contributed by atoms with E-state index in [4.69, 9.17) is 32.0 Å². The fourth-order valence-corrected chi connectivity index (χ4v) is 3.83. The van der Waals surface area contributed by atoms with E-state index in [1.54, 1.807) is 6.07 Å². The second-order valence-electron chi connectivity index (χ2n) is 8.30. The lowest BCUT2D eigenvalue weighted by atomic mass is 10.0. The monoisotopic (exact) mass is 539 g/mol. The second-order valence-corrected chi connectivity index (χ2v) is 8.71. The molecule has 0 saturated carbocycles. The fourth-order valence-electron chi connectivity index (χ4n) is 3.58. The molecule has 3 rings (SSSR count). The predicted molar refractivity (Wildman–Crippen MR) is 135 cm³/mol. The lowest BCUT2D eigenvalue weighted by Crippen LogP contribution is -2.39. The SMILES string of the molecule is CCCNC(=O)c1ccc(CNc2c(Cl)ccc3c2CCNCC3)cc1F.O=C(O)[C@H](O)[C@@H](O)C(=O)O. The molecule has 0 spiro atoms. The van der Waals surface area contributed by atoms with Crippen LogP contribution in [0.3, 0.4) is 0 Å². The molecule has 2 atom stereocenters. The van der Waals surface area contributed by atoms with Crippen molar-refractivity contribution in [3.8, 4) is 0 Å². The molecule has 0 aromatic heterocycles. The highest BCUT2D eigenvalue weighted by atomic mass is 35.5. The minimum absolute atomic E-state index is 0.0740. The second kappa shape index (κ2) is 14.5. The molecule has 0 radical (unpaired) electrons. The highest BCUT2D eigenvalue weighted by Gasteiger charge is 2.29. The summed E-state index contributed by atoms with van der Waals surface area (Å²) in [5.41, 5.74) is 4.28. The Morgan fingerprint density at radius 1 is 1.05 bits per heavy atom. The molecule has 12 heteroatoms. The minimum atomic E-state index is -2.27. The minimum Gasteiger partial charge on any atom is -0.479 e. The van der Waals surface area contributed by atoms with Crippen molar-refractivity contribution in [1.29, 1.82) is 0 Å². The molecule has 37 heavy (non-hydrogen) atoms. The van der Waals surface area contributed by atoms with Gasteiger partial charge in [0.25, 0.3) is 5.91 Å². The zero-order chi connectivity index (χ0) is 27.5. The van der Waals surface area contributed by atoms with Crippen LogP contribution in [0.15, 0.2) is 30.3 Å². The lowest BCUT2D eigenvalue weighted by molar-refractivity contribution is -0.165. The Kier molecular flexibility index (Phi) is 11.7. The number of halogens is 2. The third-order valence-electron chi connectivity index (χ3n) is 5.57. The van der Waals surface area contributed by atoms with Crippen LogP contribution in [-0.2, 0) is 29.0 Å². The summed E-state index contributed by atoms with van der Waals surface area (Å²) in [4.78, 5) is 31.5. The Morgan fingerprint density at radius 3 is 2.30 bits per heavy atom. The molecule has 1 amide bonds. The summed E-state index contributed by atoms with van der Waals surface area (Å²) in [5, 5.41) is 42.7. The Hall–Kier alpha value is -3.25. The number of aliphatic hydroxyl groups excluding tert-OH is 2. The van der Waals surface area contributed by atoms with Gasteiger partial charge >= 0.3 is 11.9 Å². The smallest absolute Gasteiger partial charge is 0.335 e. The first kappa shape index (κ1) is 30.0. The van der Waals surface area contributed by atoms with E-state index >= 15 is 0 Å². The quantitative estimate of drug-likeness (QED) is 0.251. The summed E-state index contributed by atoms with van der Waals surface area (Å²) in [5.74, 6) is -4.42. The van der Waals surface area contributed by atoms with Crippen LogP contribution in [0.5, 0.6) is 0 Å². The van der Waals surface area contributed by atoms with E-state index in [1.807, 2.05) is 13.0 Å². The summed E-state index contributed by atoms with van der Waals surface area (Å²) in [6, 6.07) is 8.71. The summed E-state index contributed by atoms with van der Waals surface area (Å²) < 4.78 is 14.3. The van der Waals surface area contributed by atoms with Crippen molar-refractivity contribution in [1.82, 2.24) is 10.6 Å². The number of carbonyl (C=O) groups is 3. The molecule has 0 fully saturated rings. The number of carbonyl (C=O) groups excluding carboxylic acids is 1. The van der Waals surface area contributed by atoms with Gasteiger partial charge in [-0.2, -0.15) is 0 Å². The Balaban J connectivity index is 0.000000410. The van der Waals surface area contributed by atoms with E-state index in [2.05, 4.69) is 22.0 Å². The van der Waals surface area contributed by atoms with Crippen molar-refractivity contribution in [2.75, 3.05) is 25.0 Å². The van der Waals surface area contributed by atoms with Crippen LogP contribution in [-0.4, -0.2) is 70.1 Å². The normalized spacial score (nSPS) is 14.2. The number of rotatable bonds is 9. The molecule has 2 aromatic rings. The molecular formula is C25H31ClFN3O7. The molecule has 0 aliphatic carbocycles. The van der Waals surface area contributed by atoms with Gasteiger partial charge in [-0.05, 0) is 67.2 Å². The van der Waals surface area contributed by atoms with E-state index in [-0.39, 0.29) is 11.5 Å². The van der Waals surface area contributed by atoms with Gasteiger partial charge in [0.05, 0.1) is 16.3 Å². The van der Waals surface area contributed by atoms with E-state index in [9.17, 15) is 18.8 Å². The highest BCUT2D eigenvalue weighted by Crippen LogP contribution is 2.31. The van der Waals surface area contributed by atoms with Crippen LogP contribution < -0.4 is 16.0 Å². The van der Waals surface area contributed by atoms with Gasteiger partial charge in [-0.25, -0.2) is 14.0 Å². The topological polar surface area (TPSA) is 168 Å². The third-order valence-corrected chi connectivity index (χ3v) is 5.89. The van der Waals surface area contributed by atoms with Gasteiger partial charge in [0.1, 0.15) is 5.82 Å².